The Bertz CT molecular complexity index is 218. The summed E-state index contributed by atoms with van der Waals surface area (Å²) in [6, 6.07) is 0.425. The minimum atomic E-state index is 0.425. The monoisotopic (exact) mass is 257 g/mol. The zero-order chi connectivity index (χ0) is 12.1. The average Bonchev–Trinajstić information content (AvgIpc) is 2.83. The van der Waals surface area contributed by atoms with Gasteiger partial charge in [0.1, 0.15) is 0 Å². The van der Waals surface area contributed by atoms with Crippen molar-refractivity contribution in [3.05, 3.63) is 0 Å². The highest BCUT2D eigenvalue weighted by Crippen LogP contribution is 2.35. The third-order valence-corrected chi connectivity index (χ3v) is 5.70. The molecule has 2 aliphatic rings. The van der Waals surface area contributed by atoms with Gasteiger partial charge in [-0.15, -0.1) is 0 Å². The van der Waals surface area contributed by atoms with Gasteiger partial charge in [0.25, 0.3) is 0 Å². The van der Waals surface area contributed by atoms with E-state index in [-0.39, 0.29) is 0 Å². The molecule has 3 heteroatoms. The summed E-state index contributed by atoms with van der Waals surface area (Å²) in [5, 5.41) is 0.685. The number of hydrogen-bond acceptors (Lipinski definition) is 3. The molecule has 4 atom stereocenters. The summed E-state index contributed by atoms with van der Waals surface area (Å²) < 4.78 is 5.69. The van der Waals surface area contributed by atoms with Crippen LogP contribution in [0.1, 0.15) is 51.9 Å². The van der Waals surface area contributed by atoms with Crippen molar-refractivity contribution < 1.29 is 4.74 Å². The van der Waals surface area contributed by atoms with Gasteiger partial charge in [-0.25, -0.2) is 0 Å². The molecule has 0 radical (unpaired) electrons. The second-order valence-electron chi connectivity index (χ2n) is 5.64. The first-order valence-electron chi connectivity index (χ1n) is 7.28. The molecule has 1 aliphatic heterocycles. The van der Waals surface area contributed by atoms with Gasteiger partial charge in [0.15, 0.2) is 0 Å². The maximum Gasteiger partial charge on any atom is 0.0666 e. The summed E-state index contributed by atoms with van der Waals surface area (Å²) in [4.78, 5) is 0. The number of rotatable bonds is 5. The van der Waals surface area contributed by atoms with Gasteiger partial charge in [-0.1, -0.05) is 19.8 Å². The van der Waals surface area contributed by atoms with Crippen molar-refractivity contribution in [3.8, 4) is 0 Å². The number of hydrogen-bond donors (Lipinski definition) is 1. The molecule has 0 bridgehead atoms. The molecule has 1 saturated carbocycles. The largest absolute Gasteiger partial charge is 0.377 e. The smallest absolute Gasteiger partial charge is 0.0666 e. The first-order chi connectivity index (χ1) is 8.29. The first-order valence-corrected chi connectivity index (χ1v) is 8.33. The summed E-state index contributed by atoms with van der Waals surface area (Å²) >= 11 is 2.08. The maximum absolute atomic E-state index is 6.26. The van der Waals surface area contributed by atoms with Gasteiger partial charge < -0.3 is 10.5 Å². The van der Waals surface area contributed by atoms with E-state index in [0.29, 0.717) is 17.4 Å². The van der Waals surface area contributed by atoms with E-state index >= 15 is 0 Å². The lowest BCUT2D eigenvalue weighted by Gasteiger charge is -2.34. The fraction of sp³-hybridized carbons (Fsp3) is 1.00. The number of nitrogens with two attached hydrogens (primary N) is 1. The Kier molecular flexibility index (Phi) is 5.64. The van der Waals surface area contributed by atoms with Crippen LogP contribution in [0.5, 0.6) is 0 Å². The van der Waals surface area contributed by atoms with Gasteiger partial charge >= 0.3 is 0 Å². The Labute approximate surface area is 110 Å². The van der Waals surface area contributed by atoms with Crippen LogP contribution in [0.4, 0.5) is 0 Å². The molecule has 0 amide bonds. The minimum absolute atomic E-state index is 0.425. The number of thioether (sulfide) groups is 1. The zero-order valence-corrected chi connectivity index (χ0v) is 11.9. The van der Waals surface area contributed by atoms with Crippen LogP contribution in [0, 0.1) is 5.92 Å². The molecule has 0 aromatic heterocycles. The predicted molar refractivity (Wildman–Crippen MR) is 75.4 cm³/mol. The molecule has 0 aromatic carbocycles. The summed E-state index contributed by atoms with van der Waals surface area (Å²) in [5.41, 5.74) is 6.26. The Morgan fingerprint density at radius 2 is 2.18 bits per heavy atom. The van der Waals surface area contributed by atoms with Crippen LogP contribution in [0.3, 0.4) is 0 Å². The van der Waals surface area contributed by atoms with Crippen molar-refractivity contribution in [3.63, 3.8) is 0 Å². The average molecular weight is 257 g/mol. The molecule has 2 fully saturated rings. The highest BCUT2D eigenvalue weighted by molar-refractivity contribution is 8.00. The molecule has 0 spiro atoms. The van der Waals surface area contributed by atoms with Gasteiger partial charge in [-0.3, -0.25) is 0 Å². The summed E-state index contributed by atoms with van der Waals surface area (Å²) in [6.45, 7) is 3.27. The lowest BCUT2D eigenvalue weighted by atomic mass is 9.83. The van der Waals surface area contributed by atoms with Crippen molar-refractivity contribution in [1.29, 1.82) is 0 Å². The Morgan fingerprint density at radius 3 is 2.88 bits per heavy atom. The van der Waals surface area contributed by atoms with Gasteiger partial charge in [0.05, 0.1) is 6.10 Å². The van der Waals surface area contributed by atoms with Crippen molar-refractivity contribution in [2.45, 2.75) is 69.3 Å². The molecule has 17 heavy (non-hydrogen) atoms. The van der Waals surface area contributed by atoms with Gasteiger partial charge in [0.2, 0.25) is 0 Å². The van der Waals surface area contributed by atoms with E-state index in [1.807, 2.05) is 0 Å². The van der Waals surface area contributed by atoms with E-state index in [2.05, 4.69) is 18.7 Å². The maximum atomic E-state index is 6.26. The van der Waals surface area contributed by atoms with Crippen molar-refractivity contribution in [2.24, 2.45) is 11.7 Å². The normalized spacial score (nSPS) is 38.5. The van der Waals surface area contributed by atoms with Gasteiger partial charge in [-0.2, -0.15) is 11.8 Å². The second-order valence-corrected chi connectivity index (χ2v) is 6.91. The fourth-order valence-corrected chi connectivity index (χ4v) is 4.62. The third kappa shape index (κ3) is 4.15. The van der Waals surface area contributed by atoms with E-state index in [1.165, 1.54) is 44.9 Å². The Hall–Kier alpha value is 0.270. The van der Waals surface area contributed by atoms with Crippen LogP contribution in [-0.2, 0) is 4.74 Å². The topological polar surface area (TPSA) is 35.2 Å². The molecule has 1 aliphatic carbocycles. The molecular formula is C14H27NOS. The lowest BCUT2D eigenvalue weighted by Crippen LogP contribution is -2.39. The van der Waals surface area contributed by atoms with E-state index in [9.17, 15) is 0 Å². The van der Waals surface area contributed by atoms with Crippen LogP contribution in [0.2, 0.25) is 0 Å². The molecule has 2 nitrogen and oxygen atoms in total. The quantitative estimate of drug-likeness (QED) is 0.821. The standard InChI is InChI=1S/C14H27NOS/c1-2-4-11-6-7-13(15)14(9-11)17-10-12-5-3-8-16-12/h11-14H,2-10,15H2,1H3. The van der Waals surface area contributed by atoms with Gasteiger partial charge in [-0.05, 0) is 38.0 Å². The molecule has 1 heterocycles. The Morgan fingerprint density at radius 1 is 1.29 bits per heavy atom. The molecule has 0 aromatic rings. The van der Waals surface area contributed by atoms with Crippen LogP contribution in [0.25, 0.3) is 0 Å². The van der Waals surface area contributed by atoms with E-state index in [4.69, 9.17) is 10.5 Å². The molecule has 1 saturated heterocycles. The zero-order valence-electron chi connectivity index (χ0n) is 11.1. The highest BCUT2D eigenvalue weighted by Gasteiger charge is 2.29. The first kappa shape index (κ1) is 13.7. The van der Waals surface area contributed by atoms with Crippen molar-refractivity contribution >= 4 is 11.8 Å². The Balaban J connectivity index is 1.72. The summed E-state index contributed by atoms with van der Waals surface area (Å²) in [5.74, 6) is 2.10. The number of ether oxygens (including phenoxy) is 1. The SMILES string of the molecule is CCCC1CCC(N)C(SCC2CCCO2)C1. The van der Waals surface area contributed by atoms with E-state index in [0.717, 1.165) is 18.3 Å². The lowest BCUT2D eigenvalue weighted by molar-refractivity contribution is 0.128. The van der Waals surface area contributed by atoms with E-state index in [1.54, 1.807) is 0 Å². The molecule has 2 N–H and O–H groups in total. The van der Waals surface area contributed by atoms with Crippen LogP contribution in [-0.4, -0.2) is 29.8 Å². The van der Waals surface area contributed by atoms with Crippen LogP contribution in [0.15, 0.2) is 0 Å². The van der Waals surface area contributed by atoms with E-state index < -0.39 is 0 Å². The fourth-order valence-electron chi connectivity index (χ4n) is 3.10. The molecule has 2 rings (SSSR count). The van der Waals surface area contributed by atoms with Crippen LogP contribution >= 0.6 is 11.8 Å². The summed E-state index contributed by atoms with van der Waals surface area (Å²) in [7, 11) is 0. The molecule has 4 unspecified atom stereocenters. The predicted octanol–water partition coefficient (Wildman–Crippen LogP) is 3.19. The minimum Gasteiger partial charge on any atom is -0.377 e. The second kappa shape index (κ2) is 7.01. The molecular weight excluding hydrogens is 230 g/mol. The highest BCUT2D eigenvalue weighted by atomic mass is 32.2. The van der Waals surface area contributed by atoms with Crippen molar-refractivity contribution in [2.75, 3.05) is 12.4 Å². The van der Waals surface area contributed by atoms with Crippen LogP contribution < -0.4 is 5.73 Å². The summed E-state index contributed by atoms with van der Waals surface area (Å²) in [6.07, 6.45) is 9.66. The molecule has 100 valence electrons. The van der Waals surface area contributed by atoms with Crippen molar-refractivity contribution in [1.82, 2.24) is 0 Å². The third-order valence-electron chi connectivity index (χ3n) is 4.17. The van der Waals surface area contributed by atoms with Gasteiger partial charge in [0, 0.05) is 23.7 Å².